The minimum Gasteiger partial charge on any atom is -0.463 e. The van der Waals surface area contributed by atoms with Crippen molar-refractivity contribution in [1.82, 2.24) is 5.32 Å². The van der Waals surface area contributed by atoms with Crippen LogP contribution in [0.15, 0.2) is 16.8 Å². The van der Waals surface area contributed by atoms with Gasteiger partial charge in [0, 0.05) is 19.0 Å². The summed E-state index contributed by atoms with van der Waals surface area (Å²) in [6.45, 7) is 2.20. The average Bonchev–Trinajstić information content (AvgIpc) is 2.18. The number of hydrogen-bond acceptors (Lipinski definition) is 4. The number of carbonyl (C=O) groups excluding carboxylic acids is 1. The first-order valence-electron chi connectivity index (χ1n) is 4.00. The Morgan fingerprint density at radius 1 is 1.85 bits per heavy atom. The largest absolute Gasteiger partial charge is 0.463 e. The molecule has 5 heteroatoms. The van der Waals surface area contributed by atoms with Gasteiger partial charge in [-0.25, -0.2) is 4.79 Å². The van der Waals surface area contributed by atoms with Gasteiger partial charge in [-0.05, 0) is 6.92 Å². The Kier molecular flexibility index (Phi) is 3.82. The van der Waals surface area contributed by atoms with E-state index in [1.54, 1.807) is 20.2 Å². The maximum Gasteiger partial charge on any atom is 0.336 e. The van der Waals surface area contributed by atoms with Crippen LogP contribution in [-0.2, 0) is 9.53 Å². The Morgan fingerprint density at radius 3 is 3.08 bits per heavy atom. The van der Waals surface area contributed by atoms with Crippen molar-refractivity contribution in [2.24, 2.45) is 4.99 Å². The summed E-state index contributed by atoms with van der Waals surface area (Å²) in [5, 5.41) is 3.74. The number of amidine groups is 1. The van der Waals surface area contributed by atoms with Crippen LogP contribution in [0.2, 0.25) is 0 Å². The zero-order chi connectivity index (χ0) is 9.68. The van der Waals surface area contributed by atoms with E-state index >= 15 is 0 Å². The second-order valence-electron chi connectivity index (χ2n) is 2.35. The molecule has 0 atom stereocenters. The van der Waals surface area contributed by atoms with Crippen molar-refractivity contribution in [2.45, 2.75) is 6.92 Å². The Morgan fingerprint density at radius 2 is 2.62 bits per heavy atom. The summed E-state index contributed by atoms with van der Waals surface area (Å²) in [5.41, 5.74) is 0.652. The predicted molar refractivity (Wildman–Crippen MR) is 53.7 cm³/mol. The fourth-order valence-electron chi connectivity index (χ4n) is 0.849. The maximum atomic E-state index is 11.2. The highest BCUT2D eigenvalue weighted by Crippen LogP contribution is 2.14. The second-order valence-corrected chi connectivity index (χ2v) is 3.32. The Hall–Kier alpha value is -0.970. The fraction of sp³-hybridized carbons (Fsp3) is 0.500. The summed E-state index contributed by atoms with van der Waals surface area (Å²) in [5.74, 6) is 0.371. The number of carbonyl (C=O) groups is 1. The van der Waals surface area contributed by atoms with Crippen LogP contribution in [0.25, 0.3) is 0 Å². The molecule has 0 spiro atoms. The van der Waals surface area contributed by atoms with Gasteiger partial charge in [0.05, 0.1) is 12.2 Å². The molecule has 0 radical (unpaired) electrons. The van der Waals surface area contributed by atoms with E-state index < -0.39 is 0 Å². The SMILES string of the molecule is CCOC(=O)C1=CNC(=NC)SC1. The summed E-state index contributed by atoms with van der Waals surface area (Å²) in [7, 11) is 1.71. The molecule has 0 saturated heterocycles. The molecule has 1 heterocycles. The molecule has 1 aliphatic rings. The lowest BCUT2D eigenvalue weighted by Crippen LogP contribution is -2.24. The van der Waals surface area contributed by atoms with E-state index in [-0.39, 0.29) is 5.97 Å². The van der Waals surface area contributed by atoms with Crippen LogP contribution in [0.5, 0.6) is 0 Å². The van der Waals surface area contributed by atoms with Gasteiger partial charge in [0.1, 0.15) is 0 Å². The number of hydrogen-bond donors (Lipinski definition) is 1. The van der Waals surface area contributed by atoms with Crippen LogP contribution < -0.4 is 5.32 Å². The molecule has 0 unspecified atom stereocenters. The van der Waals surface area contributed by atoms with Crippen LogP contribution in [0.4, 0.5) is 0 Å². The number of nitrogens with zero attached hydrogens (tertiary/aromatic N) is 1. The summed E-state index contributed by atoms with van der Waals surface area (Å²) < 4.78 is 4.85. The third kappa shape index (κ3) is 2.77. The quantitative estimate of drug-likeness (QED) is 0.668. The van der Waals surface area contributed by atoms with Crippen molar-refractivity contribution < 1.29 is 9.53 Å². The summed E-state index contributed by atoms with van der Waals surface area (Å²) in [6.07, 6.45) is 1.65. The molecule has 0 aromatic heterocycles. The van der Waals surface area contributed by atoms with E-state index in [1.807, 2.05) is 0 Å². The first kappa shape index (κ1) is 10.1. The van der Waals surface area contributed by atoms with Crippen molar-refractivity contribution in [3.63, 3.8) is 0 Å². The van der Waals surface area contributed by atoms with Crippen LogP contribution >= 0.6 is 11.8 Å². The van der Waals surface area contributed by atoms with Gasteiger partial charge in [-0.3, -0.25) is 4.99 Å². The Labute approximate surface area is 81.4 Å². The molecule has 0 bridgehead atoms. The van der Waals surface area contributed by atoms with Crippen molar-refractivity contribution in [3.8, 4) is 0 Å². The van der Waals surface area contributed by atoms with E-state index in [1.165, 1.54) is 11.8 Å². The molecule has 1 rings (SSSR count). The van der Waals surface area contributed by atoms with Gasteiger partial charge in [0.25, 0.3) is 0 Å². The van der Waals surface area contributed by atoms with Gasteiger partial charge in [-0.15, -0.1) is 0 Å². The molecule has 0 saturated carbocycles. The van der Waals surface area contributed by atoms with Gasteiger partial charge >= 0.3 is 5.97 Å². The number of esters is 1. The van der Waals surface area contributed by atoms with Gasteiger partial charge < -0.3 is 10.1 Å². The monoisotopic (exact) mass is 200 g/mol. The van der Waals surface area contributed by atoms with Crippen LogP contribution in [0, 0.1) is 0 Å². The van der Waals surface area contributed by atoms with Crippen LogP contribution in [-0.4, -0.2) is 30.5 Å². The molecule has 0 amide bonds. The molecule has 0 fully saturated rings. The zero-order valence-electron chi connectivity index (χ0n) is 7.66. The van der Waals surface area contributed by atoms with Crippen molar-refractivity contribution in [1.29, 1.82) is 0 Å². The van der Waals surface area contributed by atoms with Crippen molar-refractivity contribution in [2.75, 3.05) is 19.4 Å². The molecule has 1 aliphatic heterocycles. The summed E-state index contributed by atoms with van der Waals surface area (Å²) in [4.78, 5) is 15.2. The normalized spacial score (nSPS) is 19.2. The zero-order valence-corrected chi connectivity index (χ0v) is 8.48. The van der Waals surface area contributed by atoms with Gasteiger partial charge in [0.15, 0.2) is 5.17 Å². The molecule has 72 valence electrons. The van der Waals surface area contributed by atoms with Crippen molar-refractivity contribution >= 4 is 22.9 Å². The summed E-state index contributed by atoms with van der Waals surface area (Å²) >= 11 is 1.50. The smallest absolute Gasteiger partial charge is 0.336 e. The highest BCUT2D eigenvalue weighted by molar-refractivity contribution is 8.14. The first-order valence-corrected chi connectivity index (χ1v) is 4.98. The lowest BCUT2D eigenvalue weighted by molar-refractivity contribution is -0.138. The van der Waals surface area contributed by atoms with Gasteiger partial charge in [0.2, 0.25) is 0 Å². The van der Waals surface area contributed by atoms with Crippen molar-refractivity contribution in [3.05, 3.63) is 11.8 Å². The van der Waals surface area contributed by atoms with Crippen LogP contribution in [0.3, 0.4) is 0 Å². The minimum absolute atomic E-state index is 0.252. The standard InChI is InChI=1S/C8H12N2O2S/c1-3-12-7(11)6-4-10-8(9-2)13-5-6/h4H,3,5H2,1-2H3,(H,9,10). The third-order valence-corrected chi connectivity index (χ3v) is 2.50. The second kappa shape index (κ2) is 4.91. The molecule has 1 N–H and O–H groups in total. The maximum absolute atomic E-state index is 11.2. The van der Waals surface area contributed by atoms with Gasteiger partial charge in [-0.1, -0.05) is 11.8 Å². The summed E-state index contributed by atoms with van der Waals surface area (Å²) in [6, 6.07) is 0. The molecule has 0 aliphatic carbocycles. The highest BCUT2D eigenvalue weighted by Gasteiger charge is 2.15. The molecule has 0 aromatic rings. The number of thioether (sulfide) groups is 1. The molecule has 13 heavy (non-hydrogen) atoms. The molecule has 0 aromatic carbocycles. The lowest BCUT2D eigenvalue weighted by atomic mass is 10.3. The van der Waals surface area contributed by atoms with E-state index in [2.05, 4.69) is 10.3 Å². The molecular formula is C8H12N2O2S. The molecule has 4 nitrogen and oxygen atoms in total. The third-order valence-electron chi connectivity index (χ3n) is 1.47. The number of nitrogens with one attached hydrogen (secondary N) is 1. The van der Waals surface area contributed by atoms with E-state index in [4.69, 9.17) is 4.74 Å². The Bertz CT molecular complexity index is 261. The van der Waals surface area contributed by atoms with Crippen LogP contribution in [0.1, 0.15) is 6.92 Å². The predicted octanol–water partition coefficient (Wildman–Crippen LogP) is 0.756. The van der Waals surface area contributed by atoms with Gasteiger partial charge in [-0.2, -0.15) is 0 Å². The lowest BCUT2D eigenvalue weighted by Gasteiger charge is -2.13. The topological polar surface area (TPSA) is 50.7 Å². The molecular weight excluding hydrogens is 188 g/mol. The fourth-order valence-corrected chi connectivity index (χ4v) is 1.61. The number of aliphatic imine (C=N–C) groups is 1. The van der Waals surface area contributed by atoms with E-state index in [0.717, 1.165) is 5.17 Å². The van der Waals surface area contributed by atoms with E-state index in [0.29, 0.717) is 17.9 Å². The van der Waals surface area contributed by atoms with E-state index in [9.17, 15) is 4.79 Å². The number of ether oxygens (including phenoxy) is 1. The minimum atomic E-state index is -0.252. The average molecular weight is 200 g/mol. The first-order chi connectivity index (χ1) is 6.27. The highest BCUT2D eigenvalue weighted by atomic mass is 32.2. The Balaban J connectivity index is 2.55. The number of rotatable bonds is 2.